The molecule has 0 fully saturated rings. The molecule has 0 aliphatic heterocycles. The molecule has 2 aromatic rings. The van der Waals surface area contributed by atoms with Crippen LogP contribution in [0, 0.1) is 13.8 Å². The van der Waals surface area contributed by atoms with Crippen LogP contribution in [-0.4, -0.2) is 18.1 Å². The summed E-state index contributed by atoms with van der Waals surface area (Å²) in [6.07, 6.45) is 1.50. The monoisotopic (exact) mass is 271 g/mol. The maximum absolute atomic E-state index is 11.8. The fraction of sp³-hybridized carbons (Fsp3) is 0.200. The van der Waals surface area contributed by atoms with Gasteiger partial charge in [0.2, 0.25) is 0 Å². The Morgan fingerprint density at radius 3 is 2.80 bits per heavy atom. The summed E-state index contributed by atoms with van der Waals surface area (Å²) in [5, 5.41) is 3.16. The minimum absolute atomic E-state index is 0.313. The maximum atomic E-state index is 11.8. The van der Waals surface area contributed by atoms with E-state index in [-0.39, 0.29) is 0 Å². The van der Waals surface area contributed by atoms with Crippen molar-refractivity contribution >= 4 is 23.2 Å². The summed E-state index contributed by atoms with van der Waals surface area (Å²) in [4.78, 5) is 15.9. The lowest BCUT2D eigenvalue weighted by Crippen LogP contribution is -2.09. The molecule has 20 heavy (non-hydrogen) atoms. The van der Waals surface area contributed by atoms with Crippen LogP contribution in [0.25, 0.3) is 0 Å². The van der Waals surface area contributed by atoms with E-state index in [4.69, 9.17) is 10.5 Å². The second-order valence-electron chi connectivity index (χ2n) is 4.53. The van der Waals surface area contributed by atoms with Crippen molar-refractivity contribution in [2.45, 2.75) is 13.8 Å². The summed E-state index contributed by atoms with van der Waals surface area (Å²) in [5.41, 5.74) is 9.55. The molecule has 5 heteroatoms. The van der Waals surface area contributed by atoms with Gasteiger partial charge in [0.25, 0.3) is 0 Å². The molecule has 0 atom stereocenters. The van der Waals surface area contributed by atoms with Crippen molar-refractivity contribution in [2.75, 3.05) is 18.2 Å². The van der Waals surface area contributed by atoms with Crippen LogP contribution in [0.1, 0.15) is 21.5 Å². The van der Waals surface area contributed by atoms with Crippen LogP contribution >= 0.6 is 0 Å². The number of esters is 1. The third kappa shape index (κ3) is 2.71. The number of hydrogen-bond donors (Lipinski definition) is 2. The lowest BCUT2D eigenvalue weighted by atomic mass is 10.1. The van der Waals surface area contributed by atoms with Crippen LogP contribution < -0.4 is 11.1 Å². The zero-order chi connectivity index (χ0) is 14.7. The van der Waals surface area contributed by atoms with Gasteiger partial charge in [-0.1, -0.05) is 12.1 Å². The molecule has 0 saturated heterocycles. The summed E-state index contributed by atoms with van der Waals surface area (Å²) in [6, 6.07) is 7.45. The number of nitrogens with one attached hydrogen (secondary N) is 1. The first kappa shape index (κ1) is 13.9. The van der Waals surface area contributed by atoms with Crippen molar-refractivity contribution in [1.82, 2.24) is 4.98 Å². The number of aryl methyl sites for hydroxylation is 1. The van der Waals surface area contributed by atoms with Gasteiger partial charge < -0.3 is 15.8 Å². The van der Waals surface area contributed by atoms with Gasteiger partial charge in [0, 0.05) is 5.69 Å². The quantitative estimate of drug-likeness (QED) is 0.839. The lowest BCUT2D eigenvalue weighted by molar-refractivity contribution is 0.0601. The van der Waals surface area contributed by atoms with E-state index >= 15 is 0 Å². The molecule has 0 bridgehead atoms. The first-order valence-electron chi connectivity index (χ1n) is 6.20. The lowest BCUT2D eigenvalue weighted by Gasteiger charge is -2.13. The highest BCUT2D eigenvalue weighted by molar-refractivity contribution is 5.96. The predicted octanol–water partition coefficient (Wildman–Crippen LogP) is 2.81. The second kappa shape index (κ2) is 5.61. The molecule has 1 heterocycles. The number of nitrogen functional groups attached to an aromatic ring is 1. The number of nitrogens with zero attached hydrogens (tertiary/aromatic N) is 1. The SMILES string of the molecule is COC(=O)c1cc(N)cnc1Nc1cccc(C)c1C. The molecule has 1 aromatic carbocycles. The largest absolute Gasteiger partial charge is 0.465 e. The van der Waals surface area contributed by atoms with Gasteiger partial charge in [-0.15, -0.1) is 0 Å². The van der Waals surface area contributed by atoms with Crippen molar-refractivity contribution in [3.8, 4) is 0 Å². The zero-order valence-electron chi connectivity index (χ0n) is 11.7. The van der Waals surface area contributed by atoms with Gasteiger partial charge in [-0.25, -0.2) is 9.78 Å². The molecule has 0 aliphatic carbocycles. The van der Waals surface area contributed by atoms with Crippen LogP contribution in [0.5, 0.6) is 0 Å². The molecule has 0 aliphatic rings. The molecule has 3 N–H and O–H groups in total. The van der Waals surface area contributed by atoms with E-state index in [9.17, 15) is 4.79 Å². The summed E-state index contributed by atoms with van der Waals surface area (Å²) >= 11 is 0. The Morgan fingerprint density at radius 2 is 2.10 bits per heavy atom. The number of hydrogen-bond acceptors (Lipinski definition) is 5. The maximum Gasteiger partial charge on any atom is 0.341 e. The fourth-order valence-electron chi connectivity index (χ4n) is 1.86. The van der Waals surface area contributed by atoms with Crippen molar-refractivity contribution in [1.29, 1.82) is 0 Å². The molecule has 5 nitrogen and oxygen atoms in total. The molecule has 0 radical (unpaired) electrons. The van der Waals surface area contributed by atoms with Gasteiger partial charge in [-0.3, -0.25) is 0 Å². The zero-order valence-corrected chi connectivity index (χ0v) is 11.7. The number of methoxy groups -OCH3 is 1. The summed E-state index contributed by atoms with van der Waals surface area (Å²) < 4.78 is 4.75. The molecule has 0 amide bonds. The summed E-state index contributed by atoms with van der Waals surface area (Å²) in [5.74, 6) is -0.0441. The number of carbonyl (C=O) groups excluding carboxylic acids is 1. The molecule has 0 spiro atoms. The third-order valence-corrected chi connectivity index (χ3v) is 3.17. The van der Waals surface area contributed by atoms with Gasteiger partial charge in [-0.05, 0) is 37.1 Å². The van der Waals surface area contributed by atoms with E-state index in [0.717, 1.165) is 16.8 Å². The van der Waals surface area contributed by atoms with Crippen molar-refractivity contribution in [3.05, 3.63) is 47.2 Å². The van der Waals surface area contributed by atoms with Crippen LogP contribution in [0.2, 0.25) is 0 Å². The highest BCUT2D eigenvalue weighted by atomic mass is 16.5. The molecule has 0 unspecified atom stereocenters. The van der Waals surface area contributed by atoms with Crippen LogP contribution in [0.3, 0.4) is 0 Å². The number of anilines is 3. The van der Waals surface area contributed by atoms with E-state index in [2.05, 4.69) is 10.3 Å². The summed E-state index contributed by atoms with van der Waals surface area (Å²) in [7, 11) is 1.33. The molecular formula is C15H17N3O2. The first-order valence-corrected chi connectivity index (χ1v) is 6.20. The second-order valence-corrected chi connectivity index (χ2v) is 4.53. The number of ether oxygens (including phenoxy) is 1. The fourth-order valence-corrected chi connectivity index (χ4v) is 1.86. The number of carbonyl (C=O) groups is 1. The van der Waals surface area contributed by atoms with Gasteiger partial charge >= 0.3 is 5.97 Å². The number of pyridine rings is 1. The van der Waals surface area contributed by atoms with E-state index in [1.54, 1.807) is 6.07 Å². The van der Waals surface area contributed by atoms with Crippen molar-refractivity contribution < 1.29 is 9.53 Å². The molecule has 1 aromatic heterocycles. The highest BCUT2D eigenvalue weighted by Crippen LogP contribution is 2.25. The van der Waals surface area contributed by atoms with Crippen molar-refractivity contribution in [3.63, 3.8) is 0 Å². The first-order chi connectivity index (χ1) is 9.52. The number of rotatable bonds is 3. The number of aromatic nitrogens is 1. The highest BCUT2D eigenvalue weighted by Gasteiger charge is 2.14. The van der Waals surface area contributed by atoms with E-state index in [1.165, 1.54) is 13.3 Å². The average molecular weight is 271 g/mol. The number of nitrogens with two attached hydrogens (primary N) is 1. The molecule has 2 rings (SSSR count). The topological polar surface area (TPSA) is 77.2 Å². The molecule has 0 saturated carbocycles. The van der Waals surface area contributed by atoms with Crippen LogP contribution in [-0.2, 0) is 4.74 Å². The Labute approximate surface area is 117 Å². The number of benzene rings is 1. The standard InChI is InChI=1S/C15H17N3O2/c1-9-5-4-6-13(10(9)2)18-14-12(15(19)20-3)7-11(16)8-17-14/h4-8H,16H2,1-3H3,(H,17,18). The Hall–Kier alpha value is -2.56. The van der Waals surface area contributed by atoms with Gasteiger partial charge in [-0.2, -0.15) is 0 Å². The van der Waals surface area contributed by atoms with Gasteiger partial charge in [0.05, 0.1) is 19.0 Å². The average Bonchev–Trinajstić information content (AvgIpc) is 2.44. The van der Waals surface area contributed by atoms with Gasteiger partial charge in [0.15, 0.2) is 0 Å². The molecule has 104 valence electrons. The minimum atomic E-state index is -0.474. The normalized spacial score (nSPS) is 10.2. The summed E-state index contributed by atoms with van der Waals surface area (Å²) in [6.45, 7) is 4.03. The Morgan fingerprint density at radius 1 is 1.35 bits per heavy atom. The molecular weight excluding hydrogens is 254 g/mol. The van der Waals surface area contributed by atoms with Crippen LogP contribution in [0.4, 0.5) is 17.2 Å². The third-order valence-electron chi connectivity index (χ3n) is 3.17. The minimum Gasteiger partial charge on any atom is -0.465 e. The Kier molecular flexibility index (Phi) is 3.89. The van der Waals surface area contributed by atoms with Crippen molar-refractivity contribution in [2.24, 2.45) is 0 Å². The Bertz CT molecular complexity index is 654. The van der Waals surface area contributed by atoms with E-state index < -0.39 is 5.97 Å². The van der Waals surface area contributed by atoms with E-state index in [0.29, 0.717) is 17.1 Å². The Balaban J connectivity index is 2.43. The smallest absolute Gasteiger partial charge is 0.341 e. The van der Waals surface area contributed by atoms with Gasteiger partial charge in [0.1, 0.15) is 11.4 Å². The predicted molar refractivity (Wildman–Crippen MR) is 79.2 cm³/mol. The van der Waals surface area contributed by atoms with E-state index in [1.807, 2.05) is 32.0 Å². The van der Waals surface area contributed by atoms with Crippen LogP contribution in [0.15, 0.2) is 30.5 Å².